The monoisotopic (exact) mass is 324 g/mol. The predicted molar refractivity (Wildman–Crippen MR) is 93.4 cm³/mol. The third-order valence-electron chi connectivity index (χ3n) is 5.66. The first kappa shape index (κ1) is 15.8. The van der Waals surface area contributed by atoms with Crippen LogP contribution in [0.25, 0.3) is 0 Å². The molecule has 2 saturated heterocycles. The summed E-state index contributed by atoms with van der Waals surface area (Å²) in [5, 5.41) is 0. The Balaban J connectivity index is 1.58. The van der Waals surface area contributed by atoms with Gasteiger partial charge in [0.1, 0.15) is 11.9 Å². The van der Waals surface area contributed by atoms with Crippen molar-refractivity contribution in [2.24, 2.45) is 0 Å². The Morgan fingerprint density at radius 2 is 1.50 bits per heavy atom. The molecule has 0 saturated carbocycles. The van der Waals surface area contributed by atoms with Crippen LogP contribution in [0.1, 0.15) is 42.9 Å². The third-order valence-corrected chi connectivity index (χ3v) is 5.66. The van der Waals surface area contributed by atoms with Crippen molar-refractivity contribution in [3.05, 3.63) is 71.5 Å². The van der Waals surface area contributed by atoms with Crippen LogP contribution in [0.5, 0.6) is 0 Å². The number of rotatable bonds is 4. The first-order valence-electron chi connectivity index (χ1n) is 8.88. The zero-order valence-electron chi connectivity index (χ0n) is 14.1. The first-order valence-corrected chi connectivity index (χ1v) is 8.88. The highest BCUT2D eigenvalue weighted by molar-refractivity contribution is 5.30. The van der Waals surface area contributed by atoms with Gasteiger partial charge >= 0.3 is 0 Å². The standard InChI is InChI=1S/C21H24FNO/c1-23-18-11-12-19(23)14-20(13-18)24-21(15-5-3-2-4-6-15)16-7-9-17(22)10-8-16/h2-10,18-21H,11-14H2,1H3/t18-,19+,20?,21?/i22-1. The molecule has 0 radical (unpaired) electrons. The van der Waals surface area contributed by atoms with Crippen molar-refractivity contribution in [3.63, 3.8) is 0 Å². The van der Waals surface area contributed by atoms with Crippen molar-refractivity contribution in [1.29, 1.82) is 0 Å². The minimum absolute atomic E-state index is 0.125. The van der Waals surface area contributed by atoms with E-state index in [1.54, 1.807) is 0 Å². The Bertz CT molecular complexity index is 658. The average Bonchev–Trinajstić information content (AvgIpc) is 2.83. The van der Waals surface area contributed by atoms with Gasteiger partial charge in [0.2, 0.25) is 0 Å². The highest BCUT2D eigenvalue weighted by atomic mass is 18.2. The van der Waals surface area contributed by atoms with Crippen LogP contribution in [0.3, 0.4) is 0 Å². The Hall–Kier alpha value is -1.71. The molecule has 126 valence electrons. The first-order chi connectivity index (χ1) is 11.7. The second-order valence-corrected chi connectivity index (χ2v) is 7.12. The van der Waals surface area contributed by atoms with Crippen LogP contribution in [0, 0.1) is 5.82 Å². The van der Waals surface area contributed by atoms with Crippen LogP contribution in [-0.4, -0.2) is 30.1 Å². The van der Waals surface area contributed by atoms with Gasteiger partial charge in [0.15, 0.2) is 0 Å². The summed E-state index contributed by atoms with van der Waals surface area (Å²) < 4.78 is 19.9. The summed E-state index contributed by atoms with van der Waals surface area (Å²) in [5.74, 6) is -0.206. The fourth-order valence-corrected chi connectivity index (χ4v) is 4.28. The van der Waals surface area contributed by atoms with Crippen molar-refractivity contribution in [2.75, 3.05) is 7.05 Å². The molecular weight excluding hydrogens is 300 g/mol. The van der Waals surface area contributed by atoms with Gasteiger partial charge in [-0.3, -0.25) is 0 Å². The summed E-state index contributed by atoms with van der Waals surface area (Å²) in [6, 6.07) is 18.3. The number of hydrogen-bond donors (Lipinski definition) is 0. The second-order valence-electron chi connectivity index (χ2n) is 7.12. The molecule has 2 unspecified atom stereocenters. The Morgan fingerprint density at radius 3 is 2.12 bits per heavy atom. The van der Waals surface area contributed by atoms with Gasteiger partial charge in [-0.25, -0.2) is 4.39 Å². The van der Waals surface area contributed by atoms with E-state index in [2.05, 4.69) is 24.1 Å². The van der Waals surface area contributed by atoms with Crippen LogP contribution < -0.4 is 0 Å². The lowest BCUT2D eigenvalue weighted by Gasteiger charge is -2.38. The van der Waals surface area contributed by atoms with E-state index in [1.165, 1.54) is 25.0 Å². The largest absolute Gasteiger partial charge is 0.365 e. The summed E-state index contributed by atoms with van der Waals surface area (Å²) in [5.41, 5.74) is 2.16. The number of ether oxygens (including phenoxy) is 1. The maximum Gasteiger partial charge on any atom is 0.123 e. The van der Waals surface area contributed by atoms with Crippen molar-refractivity contribution in [3.8, 4) is 0 Å². The lowest BCUT2D eigenvalue weighted by atomic mass is 9.97. The van der Waals surface area contributed by atoms with Crippen LogP contribution >= 0.6 is 0 Å². The van der Waals surface area contributed by atoms with Crippen molar-refractivity contribution in [1.82, 2.24) is 4.90 Å². The van der Waals surface area contributed by atoms with E-state index in [9.17, 15) is 4.39 Å². The van der Waals surface area contributed by atoms with Gasteiger partial charge in [0.05, 0.1) is 6.10 Å². The van der Waals surface area contributed by atoms with Crippen LogP contribution in [0.4, 0.5) is 4.39 Å². The van der Waals surface area contributed by atoms with Crippen LogP contribution in [0.15, 0.2) is 54.6 Å². The zero-order chi connectivity index (χ0) is 16.5. The molecule has 2 aliphatic rings. The molecule has 0 aliphatic carbocycles. The van der Waals surface area contributed by atoms with E-state index in [-0.39, 0.29) is 18.0 Å². The Kier molecular flexibility index (Phi) is 4.38. The highest BCUT2D eigenvalue weighted by Crippen LogP contribution is 2.38. The lowest BCUT2D eigenvalue weighted by Crippen LogP contribution is -2.43. The molecule has 2 fully saturated rings. The molecular formula is C21H24FNO. The third kappa shape index (κ3) is 3.11. The van der Waals surface area contributed by atoms with Crippen molar-refractivity contribution >= 4 is 0 Å². The van der Waals surface area contributed by atoms with Crippen LogP contribution in [0.2, 0.25) is 0 Å². The molecule has 2 heterocycles. The maximum atomic E-state index is 13.3. The number of halogens is 1. The topological polar surface area (TPSA) is 12.5 Å². The van der Waals surface area contributed by atoms with Crippen molar-refractivity contribution in [2.45, 2.75) is 50.0 Å². The van der Waals surface area contributed by atoms with E-state index >= 15 is 0 Å². The lowest BCUT2D eigenvalue weighted by molar-refractivity contribution is -0.0426. The maximum absolute atomic E-state index is 13.3. The molecule has 0 spiro atoms. The summed E-state index contributed by atoms with van der Waals surface area (Å²) >= 11 is 0. The Labute approximate surface area is 143 Å². The fraction of sp³-hybridized carbons (Fsp3) is 0.429. The van der Waals surface area contributed by atoms with E-state index in [0.717, 1.165) is 24.0 Å². The molecule has 2 aromatic rings. The molecule has 4 atom stereocenters. The predicted octanol–water partition coefficient (Wildman–Crippen LogP) is 4.56. The zero-order valence-corrected chi connectivity index (χ0v) is 14.1. The smallest absolute Gasteiger partial charge is 0.123 e. The quantitative estimate of drug-likeness (QED) is 0.817. The highest BCUT2D eigenvalue weighted by Gasteiger charge is 2.39. The molecule has 2 bridgehead atoms. The molecule has 2 nitrogen and oxygen atoms in total. The number of fused-ring (bicyclic) bond motifs is 2. The SMILES string of the molecule is CN1[C@@H]2CC[C@H]1CC(OC(c1ccccc1)c1ccc([18F])cc1)C2. The van der Waals surface area contributed by atoms with Gasteiger partial charge in [-0.2, -0.15) is 0 Å². The van der Waals surface area contributed by atoms with E-state index in [4.69, 9.17) is 4.74 Å². The van der Waals surface area contributed by atoms with Gasteiger partial charge in [0.25, 0.3) is 0 Å². The minimum atomic E-state index is -0.206. The molecule has 0 N–H and O–H groups in total. The summed E-state index contributed by atoms with van der Waals surface area (Å²) in [7, 11) is 2.24. The molecule has 2 aliphatic heterocycles. The average molecular weight is 324 g/mol. The van der Waals surface area contributed by atoms with Gasteiger partial charge in [-0.1, -0.05) is 42.5 Å². The molecule has 4 rings (SSSR count). The van der Waals surface area contributed by atoms with Crippen molar-refractivity contribution < 1.29 is 9.13 Å². The molecule has 0 amide bonds. The molecule has 3 heteroatoms. The van der Waals surface area contributed by atoms with Gasteiger partial charge in [-0.15, -0.1) is 0 Å². The number of nitrogens with zero attached hydrogens (tertiary/aromatic N) is 1. The fourth-order valence-electron chi connectivity index (χ4n) is 4.28. The van der Waals surface area contributed by atoms with Crippen LogP contribution in [-0.2, 0) is 4.74 Å². The van der Waals surface area contributed by atoms with Gasteiger partial charge < -0.3 is 9.64 Å². The van der Waals surface area contributed by atoms with Gasteiger partial charge in [-0.05, 0) is 56.0 Å². The summed E-state index contributed by atoms with van der Waals surface area (Å²) in [6.45, 7) is 0. The summed E-state index contributed by atoms with van der Waals surface area (Å²) in [6.07, 6.45) is 4.91. The molecule has 24 heavy (non-hydrogen) atoms. The number of hydrogen-bond acceptors (Lipinski definition) is 2. The Morgan fingerprint density at radius 1 is 0.917 bits per heavy atom. The molecule has 2 aromatic carbocycles. The van der Waals surface area contributed by atoms with Gasteiger partial charge in [0, 0.05) is 12.1 Å². The number of benzene rings is 2. The summed E-state index contributed by atoms with van der Waals surface area (Å²) in [4.78, 5) is 2.52. The normalized spacial score (nSPS) is 28.0. The van der Waals surface area contributed by atoms with E-state index in [1.807, 2.05) is 30.3 Å². The van der Waals surface area contributed by atoms with E-state index in [0.29, 0.717) is 12.1 Å². The molecule has 0 aromatic heterocycles. The minimum Gasteiger partial charge on any atom is -0.365 e. The van der Waals surface area contributed by atoms with E-state index < -0.39 is 0 Å². The number of piperidine rings is 1. The second kappa shape index (κ2) is 6.66.